The molecule has 0 radical (unpaired) electrons. The molecule has 0 aliphatic heterocycles. The van der Waals surface area contributed by atoms with Crippen molar-refractivity contribution in [1.29, 1.82) is 0 Å². The average Bonchev–Trinajstić information content (AvgIpc) is 3.11. The molecular formula is C15H18N4OS. The minimum absolute atomic E-state index is 0.0833. The highest BCUT2D eigenvalue weighted by Crippen LogP contribution is 2.35. The Balaban J connectivity index is 1.90. The predicted molar refractivity (Wildman–Crippen MR) is 83.4 cm³/mol. The first kappa shape index (κ1) is 14.1. The Kier molecular flexibility index (Phi) is 3.96. The van der Waals surface area contributed by atoms with Gasteiger partial charge in [-0.3, -0.25) is 0 Å². The van der Waals surface area contributed by atoms with Crippen LogP contribution in [-0.2, 0) is 13.0 Å². The summed E-state index contributed by atoms with van der Waals surface area (Å²) in [5.74, 6) is 1.41. The van der Waals surface area contributed by atoms with E-state index in [0.29, 0.717) is 5.89 Å². The smallest absolute Gasteiger partial charge is 0.239 e. The molecule has 5 nitrogen and oxygen atoms in total. The van der Waals surface area contributed by atoms with E-state index in [0.717, 1.165) is 35.0 Å². The summed E-state index contributed by atoms with van der Waals surface area (Å²) in [4.78, 5) is 9.11. The fraction of sp³-hybridized carbons (Fsp3) is 0.400. The quantitative estimate of drug-likeness (QED) is 0.670. The van der Waals surface area contributed by atoms with Gasteiger partial charge in [0.15, 0.2) is 11.0 Å². The first-order valence-electron chi connectivity index (χ1n) is 7.17. The van der Waals surface area contributed by atoms with Gasteiger partial charge >= 0.3 is 0 Å². The Hall–Kier alpha value is -1.82. The molecule has 1 atom stereocenters. The first-order valence-corrected chi connectivity index (χ1v) is 8.05. The molecule has 110 valence electrons. The molecule has 0 spiro atoms. The zero-order valence-corrected chi connectivity index (χ0v) is 13.2. The lowest BCUT2D eigenvalue weighted by molar-refractivity contribution is 0.375. The van der Waals surface area contributed by atoms with E-state index in [2.05, 4.69) is 34.6 Å². The summed E-state index contributed by atoms with van der Waals surface area (Å²) in [5.41, 5.74) is 2.18. The van der Waals surface area contributed by atoms with Gasteiger partial charge in [-0.25, -0.2) is 4.98 Å². The SMILES string of the molecule is CCc1noc(C(C)Sc2nc3ccccc3n2CC)n1. The Morgan fingerprint density at radius 3 is 2.76 bits per heavy atom. The third-order valence-electron chi connectivity index (χ3n) is 3.37. The van der Waals surface area contributed by atoms with Crippen LogP contribution in [0.15, 0.2) is 33.9 Å². The van der Waals surface area contributed by atoms with Gasteiger partial charge in [-0.15, -0.1) is 0 Å². The third kappa shape index (κ3) is 2.68. The molecule has 3 aromatic rings. The zero-order chi connectivity index (χ0) is 14.8. The van der Waals surface area contributed by atoms with Gasteiger partial charge in [0.05, 0.1) is 16.3 Å². The second-order valence-electron chi connectivity index (χ2n) is 4.79. The number of benzene rings is 1. The van der Waals surface area contributed by atoms with Crippen LogP contribution in [-0.4, -0.2) is 19.7 Å². The van der Waals surface area contributed by atoms with Gasteiger partial charge < -0.3 is 9.09 Å². The molecule has 1 unspecified atom stereocenters. The lowest BCUT2D eigenvalue weighted by Gasteiger charge is -2.08. The van der Waals surface area contributed by atoms with Crippen LogP contribution >= 0.6 is 11.8 Å². The molecule has 0 saturated carbocycles. The molecule has 0 aliphatic carbocycles. The number of aromatic nitrogens is 4. The second-order valence-corrected chi connectivity index (χ2v) is 6.10. The van der Waals surface area contributed by atoms with Crippen LogP contribution in [0, 0.1) is 0 Å². The number of aryl methyl sites for hydroxylation is 2. The van der Waals surface area contributed by atoms with Crippen LogP contribution in [0.1, 0.15) is 37.7 Å². The lowest BCUT2D eigenvalue weighted by atomic mass is 10.3. The number of hydrogen-bond acceptors (Lipinski definition) is 5. The molecule has 21 heavy (non-hydrogen) atoms. The van der Waals surface area contributed by atoms with E-state index in [1.54, 1.807) is 11.8 Å². The van der Waals surface area contributed by atoms with Crippen molar-refractivity contribution in [2.75, 3.05) is 0 Å². The summed E-state index contributed by atoms with van der Waals surface area (Å²) in [6.07, 6.45) is 0.786. The van der Waals surface area contributed by atoms with Crippen LogP contribution < -0.4 is 0 Å². The Morgan fingerprint density at radius 2 is 2.05 bits per heavy atom. The molecule has 1 aromatic carbocycles. The Morgan fingerprint density at radius 1 is 1.24 bits per heavy atom. The van der Waals surface area contributed by atoms with E-state index in [1.807, 2.05) is 25.1 Å². The molecule has 0 fully saturated rings. The summed E-state index contributed by atoms with van der Waals surface area (Å²) in [6.45, 7) is 7.10. The highest BCUT2D eigenvalue weighted by Gasteiger charge is 2.19. The van der Waals surface area contributed by atoms with E-state index in [1.165, 1.54) is 0 Å². The van der Waals surface area contributed by atoms with Gasteiger partial charge in [0.25, 0.3) is 0 Å². The molecule has 0 N–H and O–H groups in total. The van der Waals surface area contributed by atoms with Crippen LogP contribution in [0.3, 0.4) is 0 Å². The molecule has 0 aliphatic rings. The van der Waals surface area contributed by atoms with Gasteiger partial charge in [-0.05, 0) is 26.0 Å². The summed E-state index contributed by atoms with van der Waals surface area (Å²) < 4.78 is 7.53. The van der Waals surface area contributed by atoms with Gasteiger partial charge in [0.1, 0.15) is 0 Å². The molecule has 0 bridgehead atoms. The highest BCUT2D eigenvalue weighted by atomic mass is 32.2. The van der Waals surface area contributed by atoms with E-state index < -0.39 is 0 Å². The molecular weight excluding hydrogens is 284 g/mol. The van der Waals surface area contributed by atoms with E-state index in [9.17, 15) is 0 Å². The van der Waals surface area contributed by atoms with E-state index >= 15 is 0 Å². The Labute approximate surface area is 127 Å². The molecule has 2 heterocycles. The maximum atomic E-state index is 5.32. The van der Waals surface area contributed by atoms with Crippen molar-refractivity contribution in [3.8, 4) is 0 Å². The summed E-state index contributed by atoms with van der Waals surface area (Å²) in [6, 6.07) is 8.19. The maximum absolute atomic E-state index is 5.32. The number of imidazole rings is 1. The minimum Gasteiger partial charge on any atom is -0.338 e. The normalized spacial score (nSPS) is 12.9. The van der Waals surface area contributed by atoms with Crippen molar-refractivity contribution < 1.29 is 4.52 Å². The van der Waals surface area contributed by atoms with Gasteiger partial charge in [-0.1, -0.05) is 36.0 Å². The maximum Gasteiger partial charge on any atom is 0.239 e. The largest absolute Gasteiger partial charge is 0.338 e. The van der Waals surface area contributed by atoms with Crippen molar-refractivity contribution in [1.82, 2.24) is 19.7 Å². The second kappa shape index (κ2) is 5.89. The Bertz CT molecular complexity index is 749. The average molecular weight is 302 g/mol. The summed E-state index contributed by atoms with van der Waals surface area (Å²) >= 11 is 1.65. The molecule has 0 amide bonds. The zero-order valence-electron chi connectivity index (χ0n) is 12.4. The van der Waals surface area contributed by atoms with Crippen LogP contribution in [0.25, 0.3) is 11.0 Å². The summed E-state index contributed by atoms with van der Waals surface area (Å²) in [5, 5.41) is 5.03. The number of thioether (sulfide) groups is 1. The van der Waals surface area contributed by atoms with Crippen LogP contribution in [0.2, 0.25) is 0 Å². The molecule has 3 rings (SSSR count). The standard InChI is InChI=1S/C15H18N4OS/c1-4-13-17-14(20-18-13)10(3)21-15-16-11-8-6-7-9-12(11)19(15)5-2/h6-10H,4-5H2,1-3H3. The molecule has 0 saturated heterocycles. The van der Waals surface area contributed by atoms with Crippen LogP contribution in [0.4, 0.5) is 0 Å². The number of rotatable bonds is 5. The molecule has 2 aromatic heterocycles. The van der Waals surface area contributed by atoms with Crippen molar-refractivity contribution in [3.05, 3.63) is 36.0 Å². The van der Waals surface area contributed by atoms with Crippen molar-refractivity contribution in [3.63, 3.8) is 0 Å². The topological polar surface area (TPSA) is 56.7 Å². The minimum atomic E-state index is 0.0833. The number of para-hydroxylation sites is 2. The van der Waals surface area contributed by atoms with Gasteiger partial charge in [-0.2, -0.15) is 4.98 Å². The third-order valence-corrected chi connectivity index (χ3v) is 4.44. The monoisotopic (exact) mass is 302 g/mol. The van der Waals surface area contributed by atoms with Gasteiger partial charge in [0.2, 0.25) is 5.89 Å². The van der Waals surface area contributed by atoms with Crippen molar-refractivity contribution >= 4 is 22.8 Å². The number of fused-ring (bicyclic) bond motifs is 1. The predicted octanol–water partition coefficient (Wildman–Crippen LogP) is 3.85. The molecule has 6 heteroatoms. The van der Waals surface area contributed by atoms with Gasteiger partial charge in [0, 0.05) is 13.0 Å². The number of nitrogens with zero attached hydrogens (tertiary/aromatic N) is 4. The number of hydrogen-bond donors (Lipinski definition) is 0. The fourth-order valence-corrected chi connectivity index (χ4v) is 3.25. The van der Waals surface area contributed by atoms with Crippen molar-refractivity contribution in [2.45, 2.75) is 44.1 Å². The summed E-state index contributed by atoms with van der Waals surface area (Å²) in [7, 11) is 0. The lowest BCUT2D eigenvalue weighted by Crippen LogP contribution is -1.98. The van der Waals surface area contributed by atoms with E-state index in [-0.39, 0.29) is 5.25 Å². The van der Waals surface area contributed by atoms with Crippen LogP contribution in [0.5, 0.6) is 0 Å². The van der Waals surface area contributed by atoms with E-state index in [4.69, 9.17) is 9.51 Å². The highest BCUT2D eigenvalue weighted by molar-refractivity contribution is 7.99. The first-order chi connectivity index (χ1) is 10.2. The fourth-order valence-electron chi connectivity index (χ4n) is 2.23. The van der Waals surface area contributed by atoms with Crippen molar-refractivity contribution in [2.24, 2.45) is 0 Å².